The molecule has 6 heteroatoms. The molecule has 5 nitrogen and oxygen atoms in total. The molecule has 3 aliphatic heterocycles. The topological polar surface area (TPSA) is 42.9 Å². The molecule has 4 rings (SSSR count). The third-order valence-corrected chi connectivity index (χ3v) is 6.46. The molecule has 0 aromatic heterocycles. The summed E-state index contributed by atoms with van der Waals surface area (Å²) in [5.74, 6) is 0.927. The second-order valence-electron chi connectivity index (χ2n) is 8.19. The van der Waals surface area contributed by atoms with Gasteiger partial charge >= 0.3 is 0 Å². The summed E-state index contributed by atoms with van der Waals surface area (Å²) >= 11 is 0. The Bertz CT molecular complexity index is 682. The maximum absolute atomic E-state index is 4.47. The van der Waals surface area contributed by atoms with E-state index in [1.807, 2.05) is 7.05 Å². The van der Waals surface area contributed by atoms with Crippen molar-refractivity contribution in [2.45, 2.75) is 56.8 Å². The minimum absolute atomic E-state index is 0. The fraction of sp³-hybridized carbons (Fsp3) is 0.591. The van der Waals surface area contributed by atoms with E-state index in [9.17, 15) is 0 Å². The monoisotopic (exact) mass is 495 g/mol. The largest absolute Gasteiger partial charge is 0.364 e. The fourth-order valence-corrected chi connectivity index (χ4v) is 4.86. The van der Waals surface area contributed by atoms with Crippen LogP contribution in [0.5, 0.6) is 0 Å². The standard InChI is InChI=1S/C22H33N5.HI/c1-23-22(25-18-14-19-8-6-9-20(15-18)26(19)2)24-16-17-7-5-10-21(13-17)27-11-3-4-12-27;/h3-5,7,10,13,18-20H,6,8-9,11-12,14-16H2,1-2H3,(H2,23,24,25);1H. The molecule has 0 aliphatic carbocycles. The van der Waals surface area contributed by atoms with Crippen LogP contribution in [0.4, 0.5) is 5.69 Å². The van der Waals surface area contributed by atoms with Crippen molar-refractivity contribution >= 4 is 35.6 Å². The number of rotatable bonds is 4. The first-order valence-electron chi connectivity index (χ1n) is 10.4. The van der Waals surface area contributed by atoms with E-state index in [4.69, 9.17) is 0 Å². The molecule has 2 atom stereocenters. The molecule has 1 aromatic carbocycles. The van der Waals surface area contributed by atoms with Crippen LogP contribution in [0.15, 0.2) is 41.4 Å². The van der Waals surface area contributed by atoms with E-state index >= 15 is 0 Å². The highest BCUT2D eigenvalue weighted by Crippen LogP contribution is 2.32. The van der Waals surface area contributed by atoms with Gasteiger partial charge in [-0.05, 0) is 50.4 Å². The van der Waals surface area contributed by atoms with E-state index < -0.39 is 0 Å². The van der Waals surface area contributed by atoms with Crippen LogP contribution in [-0.4, -0.2) is 56.2 Å². The molecular weight excluding hydrogens is 461 g/mol. The zero-order chi connectivity index (χ0) is 18.6. The third kappa shape index (κ3) is 5.00. The van der Waals surface area contributed by atoms with Gasteiger partial charge in [0.2, 0.25) is 0 Å². The highest BCUT2D eigenvalue weighted by Gasteiger charge is 2.36. The lowest BCUT2D eigenvalue weighted by Gasteiger charge is -2.47. The summed E-state index contributed by atoms with van der Waals surface area (Å²) in [5, 5.41) is 7.21. The summed E-state index contributed by atoms with van der Waals surface area (Å²) in [6, 6.07) is 10.8. The molecule has 2 bridgehead atoms. The smallest absolute Gasteiger partial charge is 0.191 e. The first-order valence-corrected chi connectivity index (χ1v) is 10.4. The molecule has 0 amide bonds. The summed E-state index contributed by atoms with van der Waals surface area (Å²) in [4.78, 5) is 9.46. The van der Waals surface area contributed by atoms with Crippen molar-refractivity contribution in [1.29, 1.82) is 0 Å². The van der Waals surface area contributed by atoms with Crippen molar-refractivity contribution in [3.05, 3.63) is 42.0 Å². The Balaban J connectivity index is 0.00000225. The molecule has 2 N–H and O–H groups in total. The minimum atomic E-state index is 0. The van der Waals surface area contributed by atoms with Crippen molar-refractivity contribution < 1.29 is 0 Å². The predicted molar refractivity (Wildman–Crippen MR) is 129 cm³/mol. The van der Waals surface area contributed by atoms with Crippen LogP contribution in [0, 0.1) is 0 Å². The van der Waals surface area contributed by atoms with Crippen LogP contribution in [0.25, 0.3) is 0 Å². The van der Waals surface area contributed by atoms with Gasteiger partial charge in [0.1, 0.15) is 0 Å². The molecule has 3 aliphatic rings. The molecular formula is C22H34IN5. The number of benzene rings is 1. The maximum atomic E-state index is 4.47. The van der Waals surface area contributed by atoms with Crippen LogP contribution in [0.2, 0.25) is 0 Å². The Morgan fingerprint density at radius 1 is 1.14 bits per heavy atom. The Labute approximate surface area is 186 Å². The second kappa shape index (κ2) is 9.96. The van der Waals surface area contributed by atoms with Crippen LogP contribution in [0.3, 0.4) is 0 Å². The van der Waals surface area contributed by atoms with E-state index in [2.05, 4.69) is 68.9 Å². The molecule has 28 heavy (non-hydrogen) atoms. The normalized spacial score (nSPS) is 27.4. The number of aliphatic imine (C=N–C) groups is 1. The van der Waals surface area contributed by atoms with Gasteiger partial charge in [-0.25, -0.2) is 0 Å². The molecule has 0 radical (unpaired) electrons. The summed E-state index contributed by atoms with van der Waals surface area (Å²) in [5.41, 5.74) is 2.59. The van der Waals surface area contributed by atoms with Gasteiger partial charge in [0.15, 0.2) is 5.96 Å². The lowest BCUT2D eigenvalue weighted by molar-refractivity contribution is 0.0526. The molecule has 2 saturated heterocycles. The average Bonchev–Trinajstić information content (AvgIpc) is 3.21. The zero-order valence-electron chi connectivity index (χ0n) is 17.1. The molecule has 3 heterocycles. The van der Waals surface area contributed by atoms with Gasteiger partial charge < -0.3 is 20.4 Å². The Hall–Kier alpha value is -1.28. The van der Waals surface area contributed by atoms with E-state index in [1.165, 1.54) is 43.4 Å². The van der Waals surface area contributed by atoms with Crippen molar-refractivity contribution in [1.82, 2.24) is 15.5 Å². The highest BCUT2D eigenvalue weighted by atomic mass is 127. The molecule has 2 unspecified atom stereocenters. The molecule has 154 valence electrons. The van der Waals surface area contributed by atoms with Crippen molar-refractivity contribution in [2.75, 3.05) is 32.1 Å². The lowest BCUT2D eigenvalue weighted by atomic mass is 9.82. The number of fused-ring (bicyclic) bond motifs is 2. The van der Waals surface area contributed by atoms with Crippen LogP contribution >= 0.6 is 24.0 Å². The lowest BCUT2D eigenvalue weighted by Crippen LogP contribution is -2.56. The molecule has 1 aromatic rings. The first kappa shape index (κ1) is 21.4. The predicted octanol–water partition coefficient (Wildman–Crippen LogP) is 3.36. The summed E-state index contributed by atoms with van der Waals surface area (Å²) in [6.07, 6.45) is 11.0. The SMILES string of the molecule is CN=C(NCc1cccc(N2CC=CC2)c1)NC1CC2CCCC(C1)N2C.I. The Morgan fingerprint density at radius 2 is 1.86 bits per heavy atom. The fourth-order valence-electron chi connectivity index (χ4n) is 4.86. The molecule has 0 spiro atoms. The van der Waals surface area contributed by atoms with E-state index in [0.717, 1.165) is 37.7 Å². The Morgan fingerprint density at radius 3 is 2.54 bits per heavy atom. The number of piperidine rings is 2. The van der Waals surface area contributed by atoms with Gasteiger partial charge in [0, 0.05) is 50.5 Å². The van der Waals surface area contributed by atoms with Crippen LogP contribution in [-0.2, 0) is 6.54 Å². The summed E-state index contributed by atoms with van der Waals surface area (Å²) < 4.78 is 0. The van der Waals surface area contributed by atoms with Crippen LogP contribution < -0.4 is 15.5 Å². The number of nitrogens with zero attached hydrogens (tertiary/aromatic N) is 3. The van der Waals surface area contributed by atoms with Crippen molar-refractivity contribution in [2.24, 2.45) is 4.99 Å². The van der Waals surface area contributed by atoms with Gasteiger partial charge in [-0.2, -0.15) is 0 Å². The van der Waals surface area contributed by atoms with Gasteiger partial charge in [0.05, 0.1) is 0 Å². The summed E-state index contributed by atoms with van der Waals surface area (Å²) in [7, 11) is 4.18. The number of hydrogen-bond donors (Lipinski definition) is 2. The number of halogens is 1. The third-order valence-electron chi connectivity index (χ3n) is 6.46. The van der Waals surface area contributed by atoms with Gasteiger partial charge in [0.25, 0.3) is 0 Å². The van der Waals surface area contributed by atoms with E-state index in [1.54, 1.807) is 0 Å². The summed E-state index contributed by atoms with van der Waals surface area (Å²) in [6.45, 7) is 2.82. The number of hydrogen-bond acceptors (Lipinski definition) is 3. The molecule has 2 fully saturated rings. The van der Waals surface area contributed by atoms with Crippen molar-refractivity contribution in [3.8, 4) is 0 Å². The molecule has 0 saturated carbocycles. The van der Waals surface area contributed by atoms with E-state index in [-0.39, 0.29) is 24.0 Å². The Kier molecular flexibility index (Phi) is 7.62. The number of nitrogens with one attached hydrogen (secondary N) is 2. The number of guanidine groups is 1. The highest BCUT2D eigenvalue weighted by molar-refractivity contribution is 14.0. The van der Waals surface area contributed by atoms with Gasteiger partial charge in [-0.15, -0.1) is 24.0 Å². The second-order valence-corrected chi connectivity index (χ2v) is 8.19. The maximum Gasteiger partial charge on any atom is 0.191 e. The number of anilines is 1. The first-order chi connectivity index (χ1) is 13.2. The van der Waals surface area contributed by atoms with E-state index in [0.29, 0.717) is 6.04 Å². The van der Waals surface area contributed by atoms with Gasteiger partial charge in [-0.1, -0.05) is 30.7 Å². The van der Waals surface area contributed by atoms with Crippen LogP contribution in [0.1, 0.15) is 37.7 Å². The minimum Gasteiger partial charge on any atom is -0.364 e. The average molecular weight is 495 g/mol. The van der Waals surface area contributed by atoms with Gasteiger partial charge in [-0.3, -0.25) is 4.99 Å². The van der Waals surface area contributed by atoms with Crippen molar-refractivity contribution in [3.63, 3.8) is 0 Å². The quantitative estimate of drug-likeness (QED) is 0.291. The zero-order valence-corrected chi connectivity index (χ0v) is 19.4.